The number of aliphatic hydroxyl groups is 1. The van der Waals surface area contributed by atoms with Crippen molar-refractivity contribution in [2.75, 3.05) is 25.1 Å². The van der Waals surface area contributed by atoms with Crippen LogP contribution in [-0.4, -0.2) is 44.8 Å². The van der Waals surface area contributed by atoms with E-state index in [9.17, 15) is 10.1 Å². The monoisotopic (exact) mass is 478 g/mol. The molecule has 0 saturated heterocycles. The van der Waals surface area contributed by atoms with Crippen LogP contribution in [0.5, 0.6) is 5.75 Å². The molecular weight excluding hydrogens is 459 g/mol. The number of ether oxygens (including phenoxy) is 1. The van der Waals surface area contributed by atoms with Crippen LogP contribution in [0.25, 0.3) is 16.9 Å². The number of halogens is 2. The van der Waals surface area contributed by atoms with Crippen molar-refractivity contribution in [2.24, 2.45) is 0 Å². The van der Waals surface area contributed by atoms with Crippen molar-refractivity contribution in [3.8, 4) is 5.75 Å². The Hall–Kier alpha value is -3.34. The van der Waals surface area contributed by atoms with Crippen LogP contribution in [0, 0.1) is 10.1 Å². The Morgan fingerprint density at radius 1 is 1.22 bits per heavy atom. The molecule has 0 unspecified atom stereocenters. The van der Waals surface area contributed by atoms with Crippen molar-refractivity contribution in [3.63, 3.8) is 0 Å². The Kier molecular flexibility index (Phi) is 7.87. The maximum atomic E-state index is 12.1. The Morgan fingerprint density at radius 3 is 2.59 bits per heavy atom. The molecule has 10 nitrogen and oxygen atoms in total. The Labute approximate surface area is 193 Å². The maximum Gasteiger partial charge on any atom is 0.333 e. The Balaban J connectivity index is 2.18. The molecule has 12 heteroatoms. The lowest BCUT2D eigenvalue weighted by molar-refractivity contribution is -0.419. The first kappa shape index (κ1) is 23.3. The van der Waals surface area contributed by atoms with Crippen molar-refractivity contribution >= 4 is 45.7 Å². The minimum atomic E-state index is -0.668. The summed E-state index contributed by atoms with van der Waals surface area (Å²) in [7, 11) is 0. The summed E-state index contributed by atoms with van der Waals surface area (Å²) in [5.41, 5.74) is 1.04. The maximum absolute atomic E-state index is 12.1. The van der Waals surface area contributed by atoms with Crippen LogP contribution in [0.1, 0.15) is 6.92 Å². The molecule has 0 amide bonds. The van der Waals surface area contributed by atoms with E-state index < -0.39 is 10.6 Å². The number of para-hydroxylation sites is 1. The van der Waals surface area contributed by atoms with Gasteiger partial charge in [-0.1, -0.05) is 40.5 Å². The number of allylic oxidation sites excluding steroid dienone is 1. The largest absolute Gasteiger partial charge is 0.494 e. The van der Waals surface area contributed by atoms with Gasteiger partial charge in [0.05, 0.1) is 23.7 Å². The number of aliphatic hydroxyl groups excluding tert-OH is 1. The number of hydrogen-bond acceptors (Lipinski definition) is 8. The van der Waals surface area contributed by atoms with Gasteiger partial charge in [-0.2, -0.15) is 4.68 Å². The predicted molar refractivity (Wildman–Crippen MR) is 123 cm³/mol. The summed E-state index contributed by atoms with van der Waals surface area (Å²) < 4.78 is 6.72. The summed E-state index contributed by atoms with van der Waals surface area (Å²) in [4.78, 5) is 11.4. The quantitative estimate of drug-likeness (QED) is 0.174. The van der Waals surface area contributed by atoms with Crippen molar-refractivity contribution in [3.05, 3.63) is 74.5 Å². The first-order valence-electron chi connectivity index (χ1n) is 9.56. The van der Waals surface area contributed by atoms with E-state index in [1.54, 1.807) is 48.5 Å². The number of nitrogens with zero attached hydrogens (tertiary/aromatic N) is 4. The van der Waals surface area contributed by atoms with Gasteiger partial charge in [0.25, 0.3) is 0 Å². The van der Waals surface area contributed by atoms with Crippen molar-refractivity contribution in [1.29, 1.82) is 0 Å². The van der Waals surface area contributed by atoms with Gasteiger partial charge in [0.15, 0.2) is 5.03 Å². The van der Waals surface area contributed by atoms with Gasteiger partial charge in [-0.3, -0.25) is 10.1 Å². The molecule has 0 aliphatic heterocycles. The summed E-state index contributed by atoms with van der Waals surface area (Å²) in [6.07, 6.45) is 0. The fourth-order valence-electron chi connectivity index (χ4n) is 2.80. The predicted octanol–water partition coefficient (Wildman–Crippen LogP) is 3.57. The molecule has 3 rings (SSSR count). The fourth-order valence-corrected chi connectivity index (χ4v) is 3.21. The Bertz CT molecular complexity index is 1160. The van der Waals surface area contributed by atoms with E-state index in [4.69, 9.17) is 33.0 Å². The van der Waals surface area contributed by atoms with Gasteiger partial charge in [-0.05, 0) is 43.3 Å². The second-order valence-corrected chi connectivity index (χ2v) is 7.06. The summed E-state index contributed by atoms with van der Waals surface area (Å²) in [6, 6.07) is 13.8. The zero-order valence-electron chi connectivity index (χ0n) is 17.0. The van der Waals surface area contributed by atoms with Gasteiger partial charge in [-0.15, -0.1) is 5.10 Å². The molecule has 0 bridgehead atoms. The van der Waals surface area contributed by atoms with Crippen molar-refractivity contribution in [1.82, 2.24) is 20.3 Å². The lowest BCUT2D eigenvalue weighted by Crippen LogP contribution is -2.20. The van der Waals surface area contributed by atoms with E-state index in [2.05, 4.69) is 20.9 Å². The van der Waals surface area contributed by atoms with E-state index in [1.165, 1.54) is 4.68 Å². The number of rotatable bonds is 10. The summed E-state index contributed by atoms with van der Waals surface area (Å²) in [6.45, 7) is 2.21. The molecule has 0 saturated carbocycles. The van der Waals surface area contributed by atoms with Crippen LogP contribution in [-0.2, 0) is 0 Å². The summed E-state index contributed by atoms with van der Waals surface area (Å²) in [5, 5.41) is 34.3. The molecule has 1 heterocycles. The highest BCUT2D eigenvalue weighted by Crippen LogP contribution is 2.29. The topological polar surface area (TPSA) is 127 Å². The first-order valence-corrected chi connectivity index (χ1v) is 10.3. The van der Waals surface area contributed by atoms with E-state index in [0.717, 1.165) is 0 Å². The zero-order chi connectivity index (χ0) is 23.1. The second-order valence-electron chi connectivity index (χ2n) is 6.31. The van der Waals surface area contributed by atoms with E-state index in [1.807, 2.05) is 6.92 Å². The second kappa shape index (κ2) is 10.8. The smallest absolute Gasteiger partial charge is 0.333 e. The highest BCUT2D eigenvalue weighted by Gasteiger charge is 2.29. The van der Waals surface area contributed by atoms with Crippen LogP contribution < -0.4 is 15.4 Å². The van der Waals surface area contributed by atoms with E-state index >= 15 is 0 Å². The lowest BCUT2D eigenvalue weighted by atomic mass is 10.2. The van der Waals surface area contributed by atoms with Crippen LogP contribution >= 0.6 is 23.2 Å². The number of aromatic nitrogens is 3. The normalized spacial score (nSPS) is 12.8. The first-order chi connectivity index (χ1) is 15.5. The van der Waals surface area contributed by atoms with Crippen LogP contribution in [0.2, 0.25) is 0 Å². The van der Waals surface area contributed by atoms with E-state index in [0.29, 0.717) is 29.1 Å². The number of anilines is 1. The molecular formula is C20H20Cl2N6O4. The molecule has 2 aromatic carbocycles. The third-order valence-electron chi connectivity index (χ3n) is 4.19. The third-order valence-corrected chi connectivity index (χ3v) is 4.98. The minimum absolute atomic E-state index is 0.0634. The van der Waals surface area contributed by atoms with Crippen molar-refractivity contribution in [2.45, 2.75) is 6.92 Å². The van der Waals surface area contributed by atoms with Gasteiger partial charge < -0.3 is 20.5 Å². The van der Waals surface area contributed by atoms with Gasteiger partial charge in [0, 0.05) is 12.2 Å². The molecule has 0 fully saturated rings. The van der Waals surface area contributed by atoms with Gasteiger partial charge in [-0.25, -0.2) is 0 Å². The van der Waals surface area contributed by atoms with Gasteiger partial charge in [0.2, 0.25) is 5.82 Å². The third kappa shape index (κ3) is 5.28. The number of fused-ring (bicyclic) bond motifs is 1. The van der Waals surface area contributed by atoms with Crippen LogP contribution in [0.15, 0.2) is 64.4 Å². The van der Waals surface area contributed by atoms with Crippen LogP contribution in [0.4, 0.5) is 5.69 Å². The Morgan fingerprint density at radius 2 is 1.94 bits per heavy atom. The number of benzene rings is 2. The summed E-state index contributed by atoms with van der Waals surface area (Å²) >= 11 is 12.4. The number of nitrogens with one attached hydrogen (secondary N) is 2. The molecule has 1 aromatic heterocycles. The van der Waals surface area contributed by atoms with Crippen LogP contribution in [0.3, 0.4) is 0 Å². The minimum Gasteiger partial charge on any atom is -0.494 e. The molecule has 0 aliphatic rings. The summed E-state index contributed by atoms with van der Waals surface area (Å²) in [5.74, 6) is 0.584. The molecule has 3 N–H and O–H groups in total. The standard InChI is InChI=1S/C20H20Cl2N6O4/c1-2-32-14-9-7-13(8-10-14)24-20(27-16-6-4-3-5-15(16)25-26-27)18(28(30)31)17(21)19(22)23-11-12-29/h3-10,23-24,29H,2,11-12H2,1H3. The molecule has 0 aliphatic carbocycles. The average Bonchev–Trinajstić information content (AvgIpc) is 3.22. The van der Waals surface area contributed by atoms with Gasteiger partial charge >= 0.3 is 5.70 Å². The molecule has 32 heavy (non-hydrogen) atoms. The molecule has 3 aromatic rings. The molecule has 0 spiro atoms. The highest BCUT2D eigenvalue weighted by atomic mass is 35.5. The fraction of sp³-hybridized carbons (Fsp3) is 0.200. The molecule has 168 valence electrons. The van der Waals surface area contributed by atoms with E-state index in [-0.39, 0.29) is 29.2 Å². The SMILES string of the molecule is CCOc1ccc(NC(=C(C(Cl)=C(Cl)NCCO)[N+](=O)[O-])n2nnc3ccccc32)cc1. The van der Waals surface area contributed by atoms with Crippen molar-refractivity contribution < 1.29 is 14.8 Å². The lowest BCUT2D eigenvalue weighted by Gasteiger charge is -2.14. The molecule has 0 atom stereocenters. The number of hydrogen-bond donors (Lipinski definition) is 3. The van der Waals surface area contributed by atoms with Gasteiger partial charge in [0.1, 0.15) is 16.4 Å². The highest BCUT2D eigenvalue weighted by molar-refractivity contribution is 6.40. The molecule has 0 radical (unpaired) electrons. The average molecular weight is 479 g/mol. The number of nitro groups is 1. The zero-order valence-corrected chi connectivity index (χ0v) is 18.5.